The van der Waals surface area contributed by atoms with Crippen molar-refractivity contribution < 1.29 is 33.6 Å². The van der Waals surface area contributed by atoms with E-state index < -0.39 is 59.7 Å². The van der Waals surface area contributed by atoms with Gasteiger partial charge in [-0.3, -0.25) is 43.5 Å². The molecule has 0 aliphatic rings. The SMILES string of the molecule is CCCCCCCCCCCCCCCC(=O)NCCCCC(NC(=O)CCCCCCCCCCCCCCC)C(=O)NC(CCCCN)C(=O)NC(CCCN=C(N)N)C(=O)NC(CCCCN)C(=O)NC(CCCN=C(N)N)C(=O)NC. The molecule has 0 bridgehead atoms. The number of carbonyl (C=O) groups excluding carboxylic acids is 7. The average molecular weight is 1200 g/mol. The number of carbonyl (C=O) groups is 7. The zero-order valence-corrected chi connectivity index (χ0v) is 53.6. The van der Waals surface area contributed by atoms with Crippen molar-refractivity contribution in [2.45, 2.75) is 307 Å². The van der Waals surface area contributed by atoms with E-state index in [0.717, 1.165) is 38.5 Å². The van der Waals surface area contributed by atoms with Gasteiger partial charge in [0.15, 0.2) is 11.9 Å². The first kappa shape index (κ1) is 79.8. The van der Waals surface area contributed by atoms with Gasteiger partial charge in [0.05, 0.1) is 0 Å². The van der Waals surface area contributed by atoms with Crippen molar-refractivity contribution in [3.63, 3.8) is 0 Å². The van der Waals surface area contributed by atoms with Gasteiger partial charge in [-0.25, -0.2) is 0 Å². The first-order chi connectivity index (χ1) is 41.1. The molecule has 0 radical (unpaired) electrons. The summed E-state index contributed by atoms with van der Waals surface area (Å²) < 4.78 is 0. The number of hydrogen-bond donors (Lipinski definition) is 13. The molecule has 0 aromatic heterocycles. The number of nitrogens with two attached hydrogens (primary N) is 6. The van der Waals surface area contributed by atoms with Crippen molar-refractivity contribution in [1.29, 1.82) is 0 Å². The minimum Gasteiger partial charge on any atom is -0.370 e. The molecule has 0 spiro atoms. The molecule has 0 fully saturated rings. The van der Waals surface area contributed by atoms with Crippen LogP contribution in [0.2, 0.25) is 0 Å². The third kappa shape index (κ3) is 47.6. The molecule has 22 heteroatoms. The topological polar surface area (TPSA) is 385 Å². The Morgan fingerprint density at radius 2 is 0.612 bits per heavy atom. The van der Waals surface area contributed by atoms with Crippen molar-refractivity contribution in [1.82, 2.24) is 37.2 Å². The smallest absolute Gasteiger partial charge is 0.243 e. The van der Waals surface area contributed by atoms with Crippen LogP contribution >= 0.6 is 0 Å². The van der Waals surface area contributed by atoms with Crippen molar-refractivity contribution in [2.75, 3.05) is 39.8 Å². The molecule has 19 N–H and O–H groups in total. The number of hydrogen-bond acceptors (Lipinski definition) is 11. The van der Waals surface area contributed by atoms with Gasteiger partial charge in [0, 0.05) is 39.5 Å². The highest BCUT2D eigenvalue weighted by atomic mass is 16.2. The van der Waals surface area contributed by atoms with Gasteiger partial charge >= 0.3 is 0 Å². The Hall–Kier alpha value is -5.25. The molecule has 0 aliphatic carbocycles. The molecule has 0 heterocycles. The lowest BCUT2D eigenvalue weighted by molar-refractivity contribution is -0.135. The van der Waals surface area contributed by atoms with Gasteiger partial charge in [-0.15, -0.1) is 0 Å². The van der Waals surface area contributed by atoms with Crippen LogP contribution in [-0.4, -0.2) is 123 Å². The summed E-state index contributed by atoms with van der Waals surface area (Å²) in [5, 5.41) is 19.8. The van der Waals surface area contributed by atoms with E-state index in [1.54, 1.807) is 0 Å². The average Bonchev–Trinajstić information content (AvgIpc) is 3.63. The maximum Gasteiger partial charge on any atom is 0.243 e. The van der Waals surface area contributed by atoms with Crippen LogP contribution in [0.4, 0.5) is 0 Å². The lowest BCUT2D eigenvalue weighted by atomic mass is 10.0. The highest BCUT2D eigenvalue weighted by Gasteiger charge is 2.32. The van der Waals surface area contributed by atoms with Crippen LogP contribution in [-0.2, 0) is 33.6 Å². The fourth-order valence-corrected chi connectivity index (χ4v) is 10.3. The largest absolute Gasteiger partial charge is 0.370 e. The van der Waals surface area contributed by atoms with E-state index in [9.17, 15) is 33.6 Å². The van der Waals surface area contributed by atoms with Crippen molar-refractivity contribution in [3.05, 3.63) is 0 Å². The highest BCUT2D eigenvalue weighted by Crippen LogP contribution is 2.16. The quantitative estimate of drug-likeness (QED) is 0.0170. The van der Waals surface area contributed by atoms with E-state index >= 15 is 0 Å². The van der Waals surface area contributed by atoms with Crippen molar-refractivity contribution in [2.24, 2.45) is 44.4 Å². The first-order valence-electron chi connectivity index (χ1n) is 33.6. The predicted molar refractivity (Wildman–Crippen MR) is 347 cm³/mol. The molecular weight excluding hydrogens is 1080 g/mol. The van der Waals surface area contributed by atoms with Crippen LogP contribution in [0, 0.1) is 0 Å². The molecule has 0 aromatic carbocycles. The highest BCUT2D eigenvalue weighted by molar-refractivity contribution is 5.96. The summed E-state index contributed by atoms with van der Waals surface area (Å²) in [6, 6.07) is -5.41. The molecule has 5 atom stereocenters. The van der Waals surface area contributed by atoms with Gasteiger partial charge < -0.3 is 71.6 Å². The van der Waals surface area contributed by atoms with Gasteiger partial charge in [-0.2, -0.15) is 0 Å². The number of unbranched alkanes of at least 4 members (excludes halogenated alkanes) is 27. The van der Waals surface area contributed by atoms with Gasteiger partial charge in [-0.1, -0.05) is 168 Å². The van der Waals surface area contributed by atoms with E-state index in [0.29, 0.717) is 77.4 Å². The Morgan fingerprint density at radius 3 is 0.929 bits per heavy atom. The Labute approximate surface area is 513 Å². The second-order valence-electron chi connectivity index (χ2n) is 23.3. The van der Waals surface area contributed by atoms with E-state index in [1.165, 1.54) is 129 Å². The summed E-state index contributed by atoms with van der Waals surface area (Å²) in [6.07, 6.45) is 36.7. The Balaban J connectivity index is 6.15. The Morgan fingerprint density at radius 1 is 0.329 bits per heavy atom. The fourth-order valence-electron chi connectivity index (χ4n) is 10.3. The number of amides is 7. The monoisotopic (exact) mass is 1200 g/mol. The standard InChI is InChI=1S/C63H125N15O7/c1-4-6-8-10-12-14-16-18-20-22-24-26-28-43-55(79)71-47-35-32-40-51(74-56(80)44-29-27-25-23-21-19-17-15-13-11-9-7-5-2)58(82)76-53(39-31-34-46-65)60(84)78-54(42-37-49-73-63(68)69)61(85)77-52(38-30-33-45-64)59(83)75-50(57(81)70-3)41-36-48-72-62(66)67/h50-54H,4-49,64-65H2,1-3H3,(H,70,81)(H,71,79)(H,74,80)(H,75,83)(H,76,82)(H,77,85)(H,78,84)(H4,66,67,72)(H4,68,69,73). The zero-order chi connectivity index (χ0) is 63.0. The molecule has 0 rings (SSSR count). The van der Waals surface area contributed by atoms with Crippen LogP contribution in [0.5, 0.6) is 0 Å². The predicted octanol–water partition coefficient (Wildman–Crippen LogP) is 6.77. The summed E-state index contributed by atoms with van der Waals surface area (Å²) in [5.41, 5.74) is 33.8. The molecule has 22 nitrogen and oxygen atoms in total. The Bertz CT molecular complexity index is 1800. The molecule has 5 unspecified atom stereocenters. The number of guanidine groups is 2. The zero-order valence-electron chi connectivity index (χ0n) is 53.6. The molecule has 85 heavy (non-hydrogen) atoms. The molecule has 0 aromatic rings. The summed E-state index contributed by atoms with van der Waals surface area (Å²) in [6.45, 7) is 5.97. The summed E-state index contributed by atoms with van der Waals surface area (Å²) >= 11 is 0. The number of likely N-dealkylation sites (N-methyl/N-ethyl adjacent to an activating group) is 1. The van der Waals surface area contributed by atoms with Gasteiger partial charge in [0.25, 0.3) is 0 Å². The molecule has 0 saturated heterocycles. The third-order valence-electron chi connectivity index (χ3n) is 15.5. The van der Waals surface area contributed by atoms with Crippen LogP contribution in [0.15, 0.2) is 9.98 Å². The van der Waals surface area contributed by atoms with Crippen LogP contribution < -0.4 is 71.6 Å². The molecule has 0 aliphatic heterocycles. The lowest BCUT2D eigenvalue weighted by Crippen LogP contribution is -2.59. The minimum atomic E-state index is -1.22. The summed E-state index contributed by atoms with van der Waals surface area (Å²) in [5.74, 6) is -3.45. The third-order valence-corrected chi connectivity index (χ3v) is 15.5. The van der Waals surface area contributed by atoms with Crippen molar-refractivity contribution in [3.8, 4) is 0 Å². The van der Waals surface area contributed by atoms with Crippen LogP contribution in [0.25, 0.3) is 0 Å². The molecular formula is C63H125N15O7. The Kier molecular flexibility index (Phi) is 53.1. The molecule has 0 saturated carbocycles. The minimum absolute atomic E-state index is 0.00497. The second kappa shape index (κ2) is 56.6. The second-order valence-corrected chi connectivity index (χ2v) is 23.3. The maximum atomic E-state index is 14.5. The molecule has 494 valence electrons. The normalized spacial score (nSPS) is 12.9. The van der Waals surface area contributed by atoms with Gasteiger partial charge in [0.2, 0.25) is 41.4 Å². The number of nitrogens with one attached hydrogen (secondary N) is 7. The number of nitrogens with zero attached hydrogens (tertiary/aromatic N) is 2. The van der Waals surface area contributed by atoms with E-state index in [-0.39, 0.29) is 81.8 Å². The van der Waals surface area contributed by atoms with Crippen molar-refractivity contribution >= 4 is 53.3 Å². The van der Waals surface area contributed by atoms with E-state index in [2.05, 4.69) is 61.0 Å². The molecule has 7 amide bonds. The maximum absolute atomic E-state index is 14.5. The van der Waals surface area contributed by atoms with E-state index in [1.807, 2.05) is 0 Å². The van der Waals surface area contributed by atoms with Crippen LogP contribution in [0.1, 0.15) is 277 Å². The van der Waals surface area contributed by atoms with Gasteiger partial charge in [-0.05, 0) is 109 Å². The summed E-state index contributed by atoms with van der Waals surface area (Å²) in [7, 11) is 1.45. The van der Waals surface area contributed by atoms with Gasteiger partial charge in [0.1, 0.15) is 30.2 Å². The number of rotatable bonds is 59. The first-order valence-corrected chi connectivity index (χ1v) is 33.6. The number of aliphatic imine (C=N–C) groups is 2. The van der Waals surface area contributed by atoms with E-state index in [4.69, 9.17) is 34.4 Å². The lowest BCUT2D eigenvalue weighted by Gasteiger charge is -2.27. The summed E-state index contributed by atoms with van der Waals surface area (Å²) in [4.78, 5) is 104. The van der Waals surface area contributed by atoms with Crippen LogP contribution in [0.3, 0.4) is 0 Å². The fraction of sp³-hybridized carbons (Fsp3) is 0.857.